The molecular formula is C39H44N2O5. The summed E-state index contributed by atoms with van der Waals surface area (Å²) in [5, 5.41) is 3.15. The van der Waals surface area contributed by atoms with Gasteiger partial charge in [0.1, 0.15) is 13.2 Å². The van der Waals surface area contributed by atoms with Crippen LogP contribution in [0, 0.1) is 6.92 Å². The number of carbonyl (C=O) groups excluding carboxylic acids is 1. The van der Waals surface area contributed by atoms with Gasteiger partial charge in [0.05, 0.1) is 20.3 Å². The van der Waals surface area contributed by atoms with Gasteiger partial charge in [0.2, 0.25) is 0 Å². The molecule has 1 unspecified atom stereocenters. The zero-order valence-corrected chi connectivity index (χ0v) is 27.6. The fraction of sp³-hybridized carbons (Fsp3) is 0.308. The van der Waals surface area contributed by atoms with E-state index in [9.17, 15) is 4.79 Å². The first-order valence-corrected chi connectivity index (χ1v) is 15.6. The highest BCUT2D eigenvalue weighted by Crippen LogP contribution is 2.40. The highest BCUT2D eigenvalue weighted by atomic mass is 16.5. The van der Waals surface area contributed by atoms with Gasteiger partial charge >= 0.3 is 6.03 Å². The summed E-state index contributed by atoms with van der Waals surface area (Å²) in [6.07, 6.45) is 4.84. The molecule has 0 saturated heterocycles. The highest BCUT2D eigenvalue weighted by molar-refractivity contribution is 5.77. The number of aryl methyl sites for hydroxylation is 1. The minimum Gasteiger partial charge on any atom is -0.493 e. The van der Waals surface area contributed by atoms with Gasteiger partial charge in [-0.1, -0.05) is 72.8 Å². The van der Waals surface area contributed by atoms with Gasteiger partial charge in [-0.3, -0.25) is 0 Å². The van der Waals surface area contributed by atoms with Crippen molar-refractivity contribution in [2.24, 2.45) is 0 Å². The van der Waals surface area contributed by atoms with Crippen molar-refractivity contribution in [3.63, 3.8) is 0 Å². The Balaban J connectivity index is 1.48. The maximum atomic E-state index is 13.6. The molecular weight excluding hydrogens is 576 g/mol. The molecule has 1 aliphatic heterocycles. The second-order valence-corrected chi connectivity index (χ2v) is 12.5. The summed E-state index contributed by atoms with van der Waals surface area (Å²) in [6.45, 7) is 9.43. The lowest BCUT2D eigenvalue weighted by molar-refractivity contribution is 0.173. The third-order valence-electron chi connectivity index (χ3n) is 7.93. The molecule has 7 nitrogen and oxygen atoms in total. The van der Waals surface area contributed by atoms with Crippen LogP contribution in [-0.4, -0.2) is 37.2 Å². The van der Waals surface area contributed by atoms with Gasteiger partial charge in [-0.25, -0.2) is 4.79 Å². The molecule has 0 aliphatic carbocycles. The van der Waals surface area contributed by atoms with E-state index in [4.69, 9.17) is 18.9 Å². The smallest absolute Gasteiger partial charge is 0.318 e. The maximum Gasteiger partial charge on any atom is 0.318 e. The Bertz CT molecular complexity index is 1660. The average molecular weight is 621 g/mol. The van der Waals surface area contributed by atoms with Crippen LogP contribution < -0.4 is 24.3 Å². The lowest BCUT2D eigenvalue weighted by Crippen LogP contribution is -2.51. The minimum atomic E-state index is -0.379. The van der Waals surface area contributed by atoms with Gasteiger partial charge in [-0.05, 0) is 91.8 Å². The number of fused-ring (bicyclic) bond motifs is 1. The van der Waals surface area contributed by atoms with Gasteiger partial charge in [0.15, 0.2) is 23.0 Å². The molecule has 1 aliphatic rings. The first-order chi connectivity index (χ1) is 22.1. The third-order valence-corrected chi connectivity index (χ3v) is 7.93. The zero-order valence-electron chi connectivity index (χ0n) is 27.6. The Morgan fingerprint density at radius 2 is 1.39 bits per heavy atom. The summed E-state index contributed by atoms with van der Waals surface area (Å²) in [5.41, 5.74) is 5.90. The van der Waals surface area contributed by atoms with Crippen LogP contribution in [0.4, 0.5) is 4.79 Å². The second-order valence-electron chi connectivity index (χ2n) is 12.5. The lowest BCUT2D eigenvalue weighted by atomic mass is 9.91. The van der Waals surface area contributed by atoms with Gasteiger partial charge < -0.3 is 29.2 Å². The summed E-state index contributed by atoms with van der Waals surface area (Å²) in [4.78, 5) is 15.5. The van der Waals surface area contributed by atoms with Crippen molar-refractivity contribution in [2.45, 2.75) is 58.9 Å². The molecule has 0 aromatic heterocycles. The molecule has 0 radical (unpaired) electrons. The van der Waals surface area contributed by atoms with E-state index in [2.05, 4.69) is 23.5 Å². The quantitative estimate of drug-likeness (QED) is 0.193. The van der Waals surface area contributed by atoms with Crippen molar-refractivity contribution < 1.29 is 23.7 Å². The van der Waals surface area contributed by atoms with Crippen molar-refractivity contribution in [1.82, 2.24) is 10.2 Å². The van der Waals surface area contributed by atoms with Crippen LogP contribution >= 0.6 is 0 Å². The van der Waals surface area contributed by atoms with E-state index < -0.39 is 0 Å². The van der Waals surface area contributed by atoms with Crippen LogP contribution in [0.15, 0.2) is 91.0 Å². The fourth-order valence-corrected chi connectivity index (χ4v) is 5.55. The lowest BCUT2D eigenvalue weighted by Gasteiger charge is -2.38. The number of hydrogen-bond donors (Lipinski definition) is 1. The van der Waals surface area contributed by atoms with Crippen molar-refractivity contribution in [2.75, 3.05) is 20.8 Å². The van der Waals surface area contributed by atoms with Crippen molar-refractivity contribution in [1.29, 1.82) is 0 Å². The van der Waals surface area contributed by atoms with Crippen LogP contribution in [0.25, 0.3) is 6.08 Å². The number of carbonyl (C=O) groups is 1. The van der Waals surface area contributed by atoms with Crippen molar-refractivity contribution in [3.05, 3.63) is 124 Å². The predicted molar refractivity (Wildman–Crippen MR) is 183 cm³/mol. The maximum absolute atomic E-state index is 13.6. The first kappa shape index (κ1) is 32.5. The number of hydrogen-bond acceptors (Lipinski definition) is 5. The van der Waals surface area contributed by atoms with E-state index in [-0.39, 0.29) is 17.6 Å². The number of ether oxygens (including phenoxy) is 4. The minimum absolute atomic E-state index is 0.116. The van der Waals surface area contributed by atoms with Crippen LogP contribution in [0.1, 0.15) is 60.2 Å². The molecule has 1 N–H and O–H groups in total. The number of benzene rings is 4. The summed E-state index contributed by atoms with van der Waals surface area (Å²) < 4.78 is 23.9. The number of amides is 2. The molecule has 0 spiro atoms. The first-order valence-electron chi connectivity index (χ1n) is 15.6. The molecule has 0 bridgehead atoms. The van der Waals surface area contributed by atoms with Crippen LogP contribution in [0.5, 0.6) is 23.0 Å². The van der Waals surface area contributed by atoms with Crippen molar-refractivity contribution >= 4 is 12.1 Å². The number of methoxy groups -OCH3 is 2. The predicted octanol–water partition coefficient (Wildman–Crippen LogP) is 8.29. The van der Waals surface area contributed by atoms with Gasteiger partial charge in [0.25, 0.3) is 0 Å². The Kier molecular flexibility index (Phi) is 10.2. The third kappa shape index (κ3) is 8.02. The molecule has 0 fully saturated rings. The molecule has 4 aromatic carbocycles. The van der Waals surface area contributed by atoms with Crippen LogP contribution in [0.3, 0.4) is 0 Å². The molecule has 5 rings (SSSR count). The zero-order chi connectivity index (χ0) is 32.7. The average Bonchev–Trinajstić information content (AvgIpc) is 3.05. The van der Waals surface area contributed by atoms with E-state index >= 15 is 0 Å². The van der Waals surface area contributed by atoms with E-state index in [0.717, 1.165) is 33.4 Å². The van der Waals surface area contributed by atoms with Gasteiger partial charge in [-0.2, -0.15) is 0 Å². The van der Waals surface area contributed by atoms with Gasteiger partial charge in [-0.15, -0.1) is 0 Å². The van der Waals surface area contributed by atoms with Gasteiger partial charge in [0, 0.05) is 12.1 Å². The molecule has 46 heavy (non-hydrogen) atoms. The Hall–Kier alpha value is -4.91. The largest absolute Gasteiger partial charge is 0.493 e. The molecule has 240 valence electrons. The molecule has 4 aromatic rings. The van der Waals surface area contributed by atoms with E-state index in [0.29, 0.717) is 49.2 Å². The van der Waals surface area contributed by atoms with E-state index in [1.807, 2.05) is 111 Å². The number of nitrogens with one attached hydrogen (secondary N) is 1. The summed E-state index contributed by atoms with van der Waals surface area (Å²) in [6, 6.07) is 27.7. The molecule has 1 atom stereocenters. The normalized spacial score (nSPS) is 14.5. The van der Waals surface area contributed by atoms with E-state index in [1.165, 1.54) is 0 Å². The SMILES string of the molecule is COc1cc(C)c(/C=C/C2c3cc(OC)c(OCc4ccccc4)cc3CCN2C(=O)NC(C)(C)C)cc1OCc1ccccc1. The Labute approximate surface area is 272 Å². The Morgan fingerprint density at radius 1 is 0.826 bits per heavy atom. The van der Waals surface area contributed by atoms with Crippen LogP contribution in [0.2, 0.25) is 0 Å². The second kappa shape index (κ2) is 14.5. The van der Waals surface area contributed by atoms with E-state index in [1.54, 1.807) is 14.2 Å². The molecule has 0 saturated carbocycles. The number of rotatable bonds is 10. The highest BCUT2D eigenvalue weighted by Gasteiger charge is 2.32. The fourth-order valence-electron chi connectivity index (χ4n) is 5.55. The number of urea groups is 1. The molecule has 1 heterocycles. The monoisotopic (exact) mass is 620 g/mol. The topological polar surface area (TPSA) is 69.3 Å². The summed E-state index contributed by atoms with van der Waals surface area (Å²) >= 11 is 0. The van der Waals surface area contributed by atoms with Crippen LogP contribution in [-0.2, 0) is 19.6 Å². The number of nitrogens with zero attached hydrogens (tertiary/aromatic N) is 1. The molecule has 2 amide bonds. The van der Waals surface area contributed by atoms with Crippen molar-refractivity contribution in [3.8, 4) is 23.0 Å². The molecule has 7 heteroatoms. The Morgan fingerprint density at radius 3 is 1.96 bits per heavy atom. The summed E-state index contributed by atoms with van der Waals surface area (Å²) in [5.74, 6) is 2.65. The summed E-state index contributed by atoms with van der Waals surface area (Å²) in [7, 11) is 3.29. The standard InChI is InChI=1S/C39H44N2O5/c1-27-21-34(43-5)36(45-25-28-13-9-7-10-14-28)22-30(27)17-18-33-32-24-35(44-6)37(46-26-29-15-11-8-12-16-29)23-31(32)19-20-41(33)38(42)40-39(2,3)4/h7-18,21-24,33H,19-20,25-26H2,1-6H3,(H,40,42)/b18-17+.